The topological polar surface area (TPSA) is 47.6 Å². The van der Waals surface area contributed by atoms with Gasteiger partial charge in [0.05, 0.1) is 12.6 Å². The lowest BCUT2D eigenvalue weighted by Gasteiger charge is -2.43. The normalized spacial score (nSPS) is 21.2. The Hall–Kier alpha value is -1.26. The van der Waals surface area contributed by atoms with Gasteiger partial charge in [-0.1, -0.05) is 118 Å². The molecule has 0 bridgehead atoms. The lowest BCUT2D eigenvalue weighted by molar-refractivity contribution is -0.121. The summed E-state index contributed by atoms with van der Waals surface area (Å²) in [7, 11) is -4.42. The van der Waals surface area contributed by atoms with E-state index >= 15 is 0 Å². The van der Waals surface area contributed by atoms with Crippen molar-refractivity contribution in [2.45, 2.75) is 94.3 Å². The van der Waals surface area contributed by atoms with Crippen LogP contribution in [0, 0.1) is 0 Å². The van der Waals surface area contributed by atoms with Gasteiger partial charge in [0, 0.05) is 6.61 Å². The Balaban J connectivity index is 1.73. The summed E-state index contributed by atoms with van der Waals surface area (Å²) in [6.45, 7) is 19.4. The van der Waals surface area contributed by atoms with E-state index in [2.05, 4.69) is 137 Å². The highest BCUT2D eigenvalue weighted by Gasteiger charge is 2.52. The van der Waals surface area contributed by atoms with Crippen LogP contribution in [-0.2, 0) is 13.6 Å². The first-order valence-electron chi connectivity index (χ1n) is 13.5. The first-order valence-corrected chi connectivity index (χ1v) is 19.1. The number of rotatable bonds is 10. The monoisotopic (exact) mass is 603 g/mol. The molecule has 37 heavy (non-hydrogen) atoms. The second kappa shape index (κ2) is 11.5. The number of amides is 1. The molecule has 2 atom stereocenters. The Labute approximate surface area is 235 Å². The van der Waals surface area contributed by atoms with Crippen LogP contribution >= 0.6 is 15.9 Å². The molecule has 1 amide bonds. The SMILES string of the molecule is CC(C)(C)[Si](C)(C)OCCC[C@@]1(Br)C[C@@H](CO[Si](c2ccccc2)(c2ccccc2)C(C)(C)C)NC1=O. The molecule has 1 heterocycles. The van der Waals surface area contributed by atoms with Crippen LogP contribution in [0.4, 0.5) is 0 Å². The van der Waals surface area contributed by atoms with E-state index in [1.807, 2.05) is 0 Å². The Morgan fingerprint density at radius 2 is 1.41 bits per heavy atom. The molecule has 0 radical (unpaired) electrons. The highest BCUT2D eigenvalue weighted by molar-refractivity contribution is 9.10. The van der Waals surface area contributed by atoms with Crippen LogP contribution in [0.5, 0.6) is 0 Å². The van der Waals surface area contributed by atoms with Gasteiger partial charge in [0.25, 0.3) is 8.32 Å². The molecule has 4 nitrogen and oxygen atoms in total. The quantitative estimate of drug-likeness (QED) is 0.194. The number of benzene rings is 2. The fourth-order valence-electron chi connectivity index (χ4n) is 5.05. The van der Waals surface area contributed by atoms with E-state index in [9.17, 15) is 4.79 Å². The van der Waals surface area contributed by atoms with E-state index in [1.54, 1.807) is 0 Å². The smallest absolute Gasteiger partial charge is 0.261 e. The average Bonchev–Trinajstić information content (AvgIpc) is 3.10. The summed E-state index contributed by atoms with van der Waals surface area (Å²) < 4.78 is 12.9. The number of alkyl halides is 1. The Kier molecular flexibility index (Phi) is 9.38. The van der Waals surface area contributed by atoms with E-state index in [0.29, 0.717) is 19.6 Å². The fourth-order valence-corrected chi connectivity index (χ4v) is 11.5. The van der Waals surface area contributed by atoms with Crippen LogP contribution in [0.1, 0.15) is 60.8 Å². The third-order valence-electron chi connectivity index (χ3n) is 8.22. The van der Waals surface area contributed by atoms with Gasteiger partial charge in [-0.2, -0.15) is 0 Å². The average molecular weight is 605 g/mol. The number of carbonyl (C=O) groups is 1. The Morgan fingerprint density at radius 3 is 1.86 bits per heavy atom. The zero-order valence-electron chi connectivity index (χ0n) is 24.0. The summed E-state index contributed by atoms with van der Waals surface area (Å²) in [6.07, 6.45) is 2.32. The lowest BCUT2D eigenvalue weighted by atomic mass is 9.99. The molecule has 0 aliphatic carbocycles. The number of hydrogen-bond donors (Lipinski definition) is 1. The highest BCUT2D eigenvalue weighted by Crippen LogP contribution is 2.40. The zero-order chi connectivity index (χ0) is 27.5. The molecule has 3 rings (SSSR count). The molecule has 2 aromatic carbocycles. The summed E-state index contributed by atoms with van der Waals surface area (Å²) in [5, 5.41) is 5.84. The molecule has 1 N–H and O–H groups in total. The molecule has 204 valence electrons. The second-order valence-corrected chi connectivity index (χ2v) is 23.7. The Morgan fingerprint density at radius 1 is 0.892 bits per heavy atom. The molecule has 0 saturated carbocycles. The number of hydrogen-bond acceptors (Lipinski definition) is 3. The summed E-state index contributed by atoms with van der Waals surface area (Å²) in [5.41, 5.74) is 0. The number of nitrogens with one attached hydrogen (secondary N) is 1. The van der Waals surface area contributed by atoms with Crippen LogP contribution in [0.15, 0.2) is 60.7 Å². The van der Waals surface area contributed by atoms with Crippen LogP contribution in [-0.4, -0.2) is 46.1 Å². The number of carbonyl (C=O) groups excluding carboxylic acids is 1. The van der Waals surface area contributed by atoms with Crippen LogP contribution in [0.25, 0.3) is 0 Å². The molecule has 7 heteroatoms. The van der Waals surface area contributed by atoms with Gasteiger partial charge in [-0.15, -0.1) is 0 Å². The minimum Gasteiger partial charge on any atom is -0.417 e. The van der Waals surface area contributed by atoms with Crippen molar-refractivity contribution in [1.29, 1.82) is 0 Å². The van der Waals surface area contributed by atoms with Crippen LogP contribution in [0.2, 0.25) is 23.2 Å². The largest absolute Gasteiger partial charge is 0.417 e. The first kappa shape index (κ1) is 30.3. The van der Waals surface area contributed by atoms with E-state index in [1.165, 1.54) is 10.4 Å². The van der Waals surface area contributed by atoms with Crippen molar-refractivity contribution in [3.63, 3.8) is 0 Å². The lowest BCUT2D eigenvalue weighted by Crippen LogP contribution is -2.67. The van der Waals surface area contributed by atoms with Crippen molar-refractivity contribution >= 4 is 48.8 Å². The van der Waals surface area contributed by atoms with E-state index < -0.39 is 21.0 Å². The maximum absolute atomic E-state index is 13.1. The molecule has 0 spiro atoms. The van der Waals surface area contributed by atoms with Gasteiger partial charge >= 0.3 is 0 Å². The van der Waals surface area contributed by atoms with Gasteiger partial charge in [-0.3, -0.25) is 4.79 Å². The summed E-state index contributed by atoms with van der Waals surface area (Å²) >= 11 is 3.82. The van der Waals surface area contributed by atoms with Gasteiger partial charge in [0.2, 0.25) is 5.91 Å². The predicted molar refractivity (Wildman–Crippen MR) is 164 cm³/mol. The maximum atomic E-state index is 13.1. The summed E-state index contributed by atoms with van der Waals surface area (Å²) in [6, 6.07) is 21.3. The van der Waals surface area contributed by atoms with Gasteiger partial charge in [0.15, 0.2) is 8.32 Å². The van der Waals surface area contributed by atoms with Crippen molar-refractivity contribution in [1.82, 2.24) is 5.32 Å². The van der Waals surface area contributed by atoms with Gasteiger partial charge < -0.3 is 14.2 Å². The minimum absolute atomic E-state index is 0.0326. The molecular formula is C30H46BrNO3Si2. The van der Waals surface area contributed by atoms with Crippen molar-refractivity contribution in [2.24, 2.45) is 0 Å². The van der Waals surface area contributed by atoms with Crippen molar-refractivity contribution in [3.8, 4) is 0 Å². The molecule has 1 aliphatic heterocycles. The highest BCUT2D eigenvalue weighted by atomic mass is 79.9. The third kappa shape index (κ3) is 6.67. The van der Waals surface area contributed by atoms with E-state index in [4.69, 9.17) is 8.85 Å². The van der Waals surface area contributed by atoms with Crippen molar-refractivity contribution in [2.75, 3.05) is 13.2 Å². The van der Waals surface area contributed by atoms with Crippen molar-refractivity contribution in [3.05, 3.63) is 60.7 Å². The van der Waals surface area contributed by atoms with Crippen LogP contribution in [0.3, 0.4) is 0 Å². The first-order chi connectivity index (χ1) is 17.1. The molecule has 1 saturated heterocycles. The second-order valence-electron chi connectivity index (χ2n) is 13.0. The summed E-state index contributed by atoms with van der Waals surface area (Å²) in [5.74, 6) is 0.0656. The standard InChI is InChI=1S/C30H46BrNO3Si2/c1-28(2,3)36(7,8)34-21-15-20-30(31)22-24(32-27(30)33)23-35-37(29(4,5)6,25-16-11-9-12-17-25)26-18-13-10-14-19-26/h9-14,16-19,24H,15,20-23H2,1-8H3,(H,32,33)/t24-,30+/m0/s1. The predicted octanol–water partition coefficient (Wildman–Crippen LogP) is 6.39. The van der Waals surface area contributed by atoms with E-state index in [-0.39, 0.29) is 22.0 Å². The number of halogens is 1. The molecule has 1 aliphatic rings. The molecule has 2 aromatic rings. The maximum Gasteiger partial charge on any atom is 0.261 e. The van der Waals surface area contributed by atoms with Crippen LogP contribution < -0.4 is 15.7 Å². The third-order valence-corrected chi connectivity index (χ3v) is 18.8. The van der Waals surface area contributed by atoms with Crippen molar-refractivity contribution < 1.29 is 13.6 Å². The zero-order valence-corrected chi connectivity index (χ0v) is 27.6. The minimum atomic E-state index is -2.64. The Bertz CT molecular complexity index is 995. The summed E-state index contributed by atoms with van der Waals surface area (Å²) in [4.78, 5) is 13.1. The molecular weight excluding hydrogens is 558 g/mol. The molecule has 0 unspecified atom stereocenters. The molecule has 1 fully saturated rings. The van der Waals surface area contributed by atoms with Gasteiger partial charge in [0.1, 0.15) is 4.32 Å². The van der Waals surface area contributed by atoms with Gasteiger partial charge in [-0.25, -0.2) is 0 Å². The van der Waals surface area contributed by atoms with Gasteiger partial charge in [-0.05, 0) is 52.8 Å². The fraction of sp³-hybridized carbons (Fsp3) is 0.567. The van der Waals surface area contributed by atoms with E-state index in [0.717, 1.165) is 12.8 Å². The molecule has 0 aromatic heterocycles.